The second-order valence-corrected chi connectivity index (χ2v) is 7.14. The second kappa shape index (κ2) is 8.35. The van der Waals surface area contributed by atoms with Crippen molar-refractivity contribution in [3.63, 3.8) is 0 Å². The van der Waals surface area contributed by atoms with Gasteiger partial charge in [0.2, 0.25) is 11.8 Å². The Hall–Kier alpha value is -3.85. The fourth-order valence-electron chi connectivity index (χ4n) is 3.34. The third-order valence-electron chi connectivity index (χ3n) is 4.94. The van der Waals surface area contributed by atoms with Gasteiger partial charge >= 0.3 is 6.18 Å². The molecule has 0 radical (unpaired) electrons. The second-order valence-electron chi connectivity index (χ2n) is 7.14. The van der Waals surface area contributed by atoms with Gasteiger partial charge < -0.3 is 20.1 Å². The molecule has 0 spiro atoms. The highest BCUT2D eigenvalue weighted by atomic mass is 19.4. The monoisotopic (exact) mass is 441 g/mol. The summed E-state index contributed by atoms with van der Waals surface area (Å²) in [5, 5.41) is 10.8. The Balaban J connectivity index is 1.58. The molecule has 4 aromatic rings. The molecule has 0 aliphatic carbocycles. The van der Waals surface area contributed by atoms with Crippen molar-refractivity contribution in [3.05, 3.63) is 84.2 Å². The molecule has 32 heavy (non-hydrogen) atoms. The summed E-state index contributed by atoms with van der Waals surface area (Å²) < 4.78 is 45.4. The number of rotatable bonds is 6. The van der Waals surface area contributed by atoms with Crippen LogP contribution in [0.5, 0.6) is 11.6 Å². The summed E-state index contributed by atoms with van der Waals surface area (Å²) in [7, 11) is 0. The first-order valence-corrected chi connectivity index (χ1v) is 9.60. The van der Waals surface area contributed by atoms with E-state index in [-0.39, 0.29) is 12.3 Å². The zero-order chi connectivity index (χ0) is 22.9. The number of aromatic nitrogens is 2. The molecule has 1 amide bonds. The van der Waals surface area contributed by atoms with Crippen molar-refractivity contribution in [1.29, 1.82) is 0 Å². The molecule has 0 bridgehead atoms. The topological polar surface area (TPSA) is 90.4 Å². The number of ether oxygens (including phenoxy) is 1. The van der Waals surface area contributed by atoms with Gasteiger partial charge in [-0.25, -0.2) is 4.98 Å². The van der Waals surface area contributed by atoms with E-state index in [1.807, 2.05) is 35.0 Å². The zero-order valence-electron chi connectivity index (χ0n) is 16.6. The molecule has 0 aliphatic heterocycles. The summed E-state index contributed by atoms with van der Waals surface area (Å²) in [6.45, 7) is 0. The third-order valence-corrected chi connectivity index (χ3v) is 4.94. The maximum absolute atomic E-state index is 12.7. The van der Waals surface area contributed by atoms with Gasteiger partial charge in [-0.05, 0) is 42.0 Å². The van der Waals surface area contributed by atoms with E-state index < -0.39 is 23.8 Å². The summed E-state index contributed by atoms with van der Waals surface area (Å²) in [6.07, 6.45) is -3.12. The van der Waals surface area contributed by atoms with Crippen molar-refractivity contribution in [2.24, 2.45) is 5.73 Å². The normalized spacial score (nSPS) is 12.6. The molecule has 1 atom stereocenters. The zero-order valence-corrected chi connectivity index (χ0v) is 16.6. The number of pyridine rings is 1. The van der Waals surface area contributed by atoms with Crippen LogP contribution in [-0.4, -0.2) is 26.7 Å². The number of fused-ring (bicyclic) bond motifs is 1. The minimum Gasteiger partial charge on any atom is -0.439 e. The van der Waals surface area contributed by atoms with Crippen molar-refractivity contribution in [3.8, 4) is 17.3 Å². The summed E-state index contributed by atoms with van der Waals surface area (Å²) in [4.78, 5) is 15.0. The van der Waals surface area contributed by atoms with Crippen LogP contribution in [0.15, 0.2) is 73.1 Å². The molecule has 0 fully saturated rings. The standard InChI is InChI=1S/C23H18F3N3O3/c24-23(25,26)15-5-10-21(28-12-15)32-17-8-6-16(7-9-17)29-13-14(11-20(30)22(27)31)18-3-1-2-4-19(18)29/h1-10,12-13,20,30H,11H2,(H2,27,31)/t20-/m1/s1. The number of primary amides is 1. The molecule has 0 saturated heterocycles. The molecule has 0 aliphatic rings. The third kappa shape index (κ3) is 4.42. The first-order chi connectivity index (χ1) is 15.2. The average Bonchev–Trinajstić information content (AvgIpc) is 3.12. The van der Waals surface area contributed by atoms with E-state index in [0.717, 1.165) is 40.5 Å². The number of aliphatic hydroxyl groups is 1. The number of carbonyl (C=O) groups is 1. The quantitative estimate of drug-likeness (QED) is 0.469. The van der Waals surface area contributed by atoms with E-state index in [9.17, 15) is 23.1 Å². The van der Waals surface area contributed by atoms with Gasteiger partial charge in [0.25, 0.3) is 0 Å². The highest BCUT2D eigenvalue weighted by Crippen LogP contribution is 2.31. The SMILES string of the molecule is NC(=O)[C@H](O)Cc1cn(-c2ccc(Oc3ccc(C(F)(F)F)cn3)cc2)c2ccccc12. The Morgan fingerprint density at radius 2 is 1.81 bits per heavy atom. The summed E-state index contributed by atoms with van der Waals surface area (Å²) in [6, 6.07) is 16.5. The molecule has 164 valence electrons. The highest BCUT2D eigenvalue weighted by molar-refractivity contribution is 5.87. The maximum atomic E-state index is 12.7. The van der Waals surface area contributed by atoms with Gasteiger partial charge in [0, 0.05) is 36.0 Å². The molecule has 0 unspecified atom stereocenters. The number of nitrogens with zero attached hydrogens (tertiary/aromatic N) is 2. The number of alkyl halides is 3. The van der Waals surface area contributed by atoms with E-state index in [0.29, 0.717) is 5.75 Å². The molecule has 9 heteroatoms. The van der Waals surface area contributed by atoms with Crippen LogP contribution in [0.4, 0.5) is 13.2 Å². The number of aliphatic hydroxyl groups excluding tert-OH is 1. The van der Waals surface area contributed by atoms with Crippen LogP contribution in [0, 0.1) is 0 Å². The molecule has 3 N–H and O–H groups in total. The lowest BCUT2D eigenvalue weighted by Crippen LogP contribution is -2.29. The number of halogens is 3. The van der Waals surface area contributed by atoms with E-state index in [2.05, 4.69) is 4.98 Å². The van der Waals surface area contributed by atoms with E-state index in [1.165, 1.54) is 0 Å². The molecular formula is C23H18F3N3O3. The molecular weight excluding hydrogens is 423 g/mol. The van der Waals surface area contributed by atoms with Crippen LogP contribution in [-0.2, 0) is 17.4 Å². The van der Waals surface area contributed by atoms with E-state index in [1.54, 1.807) is 24.3 Å². The van der Waals surface area contributed by atoms with Crippen molar-refractivity contribution in [2.45, 2.75) is 18.7 Å². The highest BCUT2D eigenvalue weighted by Gasteiger charge is 2.30. The molecule has 2 aromatic heterocycles. The summed E-state index contributed by atoms with van der Waals surface area (Å²) in [5.41, 5.74) is 6.76. The first-order valence-electron chi connectivity index (χ1n) is 9.60. The van der Waals surface area contributed by atoms with Crippen molar-refractivity contribution < 1.29 is 27.8 Å². The van der Waals surface area contributed by atoms with Gasteiger partial charge in [0.05, 0.1) is 11.1 Å². The fraction of sp³-hybridized carbons (Fsp3) is 0.130. The minimum atomic E-state index is -4.46. The summed E-state index contributed by atoms with van der Waals surface area (Å²) >= 11 is 0. The Morgan fingerprint density at radius 3 is 2.44 bits per heavy atom. The first kappa shape index (κ1) is 21.4. The lowest BCUT2D eigenvalue weighted by molar-refractivity contribution is -0.137. The van der Waals surface area contributed by atoms with Crippen LogP contribution >= 0.6 is 0 Å². The number of hydrogen-bond acceptors (Lipinski definition) is 4. The van der Waals surface area contributed by atoms with Crippen LogP contribution in [0.2, 0.25) is 0 Å². The number of hydrogen-bond donors (Lipinski definition) is 2. The van der Waals surface area contributed by atoms with Crippen LogP contribution in [0.25, 0.3) is 16.6 Å². The van der Waals surface area contributed by atoms with Gasteiger partial charge in [-0.3, -0.25) is 4.79 Å². The van der Waals surface area contributed by atoms with E-state index >= 15 is 0 Å². The number of carbonyl (C=O) groups excluding carboxylic acids is 1. The molecule has 6 nitrogen and oxygen atoms in total. The number of benzene rings is 2. The largest absolute Gasteiger partial charge is 0.439 e. The fourth-order valence-corrected chi connectivity index (χ4v) is 3.34. The number of amides is 1. The molecule has 2 aromatic carbocycles. The Morgan fingerprint density at radius 1 is 1.09 bits per heavy atom. The molecule has 4 rings (SSSR count). The van der Waals surface area contributed by atoms with Crippen molar-refractivity contribution in [1.82, 2.24) is 9.55 Å². The van der Waals surface area contributed by atoms with Crippen molar-refractivity contribution >= 4 is 16.8 Å². The van der Waals surface area contributed by atoms with Gasteiger partial charge in [0.1, 0.15) is 11.9 Å². The smallest absolute Gasteiger partial charge is 0.417 e. The average molecular weight is 441 g/mol. The Labute approximate surface area is 180 Å². The Bertz CT molecular complexity index is 1250. The van der Waals surface area contributed by atoms with Gasteiger partial charge in [-0.1, -0.05) is 18.2 Å². The predicted octanol–water partition coefficient (Wildman–Crippen LogP) is 4.23. The predicted molar refractivity (Wildman–Crippen MR) is 111 cm³/mol. The van der Waals surface area contributed by atoms with Crippen LogP contribution < -0.4 is 10.5 Å². The van der Waals surface area contributed by atoms with Crippen molar-refractivity contribution in [2.75, 3.05) is 0 Å². The van der Waals surface area contributed by atoms with Gasteiger partial charge in [-0.2, -0.15) is 13.2 Å². The number of nitrogens with two attached hydrogens (primary N) is 1. The lowest BCUT2D eigenvalue weighted by atomic mass is 10.1. The van der Waals surface area contributed by atoms with Crippen LogP contribution in [0.3, 0.4) is 0 Å². The Kier molecular flexibility index (Phi) is 5.58. The van der Waals surface area contributed by atoms with Gasteiger partial charge in [0.15, 0.2) is 0 Å². The van der Waals surface area contributed by atoms with E-state index in [4.69, 9.17) is 10.5 Å². The van der Waals surface area contributed by atoms with Gasteiger partial charge in [-0.15, -0.1) is 0 Å². The molecule has 2 heterocycles. The summed E-state index contributed by atoms with van der Waals surface area (Å²) in [5.74, 6) is -0.345. The lowest BCUT2D eigenvalue weighted by Gasteiger charge is -2.09. The number of para-hydroxylation sites is 1. The van der Waals surface area contributed by atoms with Crippen LogP contribution in [0.1, 0.15) is 11.1 Å². The maximum Gasteiger partial charge on any atom is 0.417 e. The minimum absolute atomic E-state index is 0.0416. The molecule has 0 saturated carbocycles.